The largest absolute Gasteiger partial charge is 0.390 e. The Labute approximate surface area is 117 Å². The number of rotatable bonds is 4. The summed E-state index contributed by atoms with van der Waals surface area (Å²) in [6.45, 7) is 3.96. The van der Waals surface area contributed by atoms with Crippen LogP contribution in [-0.2, 0) is 11.2 Å². The lowest BCUT2D eigenvalue weighted by Crippen LogP contribution is -2.08. The molecule has 0 radical (unpaired) electrons. The minimum absolute atomic E-state index is 0.0241. The Morgan fingerprint density at radius 2 is 1.95 bits per heavy atom. The number of hydrogen-bond acceptors (Lipinski definition) is 3. The number of amides is 1. The Kier molecular flexibility index (Phi) is 4.22. The molecular formula is C15H18N2OS. The zero-order valence-corrected chi connectivity index (χ0v) is 12.0. The normalized spacial score (nSPS) is 10.4. The van der Waals surface area contributed by atoms with E-state index in [1.54, 1.807) is 11.3 Å². The van der Waals surface area contributed by atoms with Crippen LogP contribution in [0.3, 0.4) is 0 Å². The molecule has 0 aliphatic carbocycles. The summed E-state index contributed by atoms with van der Waals surface area (Å²) in [7, 11) is 0. The Hall–Kier alpha value is -1.81. The molecule has 0 atom stereocenters. The van der Waals surface area contributed by atoms with Crippen LogP contribution in [0.5, 0.6) is 0 Å². The third-order valence-electron chi connectivity index (χ3n) is 2.96. The van der Waals surface area contributed by atoms with Gasteiger partial charge in [0.1, 0.15) is 0 Å². The number of hydrogen-bond donors (Lipinski definition) is 2. The molecule has 1 heterocycles. The molecule has 1 aromatic carbocycles. The van der Waals surface area contributed by atoms with E-state index in [2.05, 4.69) is 18.3 Å². The average Bonchev–Trinajstić information content (AvgIpc) is 2.81. The van der Waals surface area contributed by atoms with E-state index in [1.807, 2.05) is 31.2 Å². The molecular weight excluding hydrogens is 256 g/mol. The first-order valence-corrected chi connectivity index (χ1v) is 7.24. The second kappa shape index (κ2) is 5.89. The first kappa shape index (κ1) is 13.6. The second-order valence-electron chi connectivity index (χ2n) is 4.32. The first-order valence-electron chi connectivity index (χ1n) is 6.42. The van der Waals surface area contributed by atoms with Crippen molar-refractivity contribution in [3.8, 4) is 11.1 Å². The van der Waals surface area contributed by atoms with Crippen molar-refractivity contribution in [2.45, 2.75) is 26.7 Å². The summed E-state index contributed by atoms with van der Waals surface area (Å²) in [6.07, 6.45) is 1.48. The summed E-state index contributed by atoms with van der Waals surface area (Å²) >= 11 is 1.64. The molecule has 1 amide bonds. The molecule has 100 valence electrons. The van der Waals surface area contributed by atoms with Crippen molar-refractivity contribution in [3.05, 3.63) is 35.2 Å². The highest BCUT2D eigenvalue weighted by molar-refractivity contribution is 7.16. The maximum Gasteiger partial charge on any atom is 0.224 e. The van der Waals surface area contributed by atoms with E-state index in [9.17, 15) is 4.79 Å². The smallest absolute Gasteiger partial charge is 0.224 e. The van der Waals surface area contributed by atoms with Crippen LogP contribution < -0.4 is 11.1 Å². The number of thiophene rings is 1. The fourth-order valence-corrected chi connectivity index (χ4v) is 2.73. The highest BCUT2D eigenvalue weighted by Gasteiger charge is 2.08. The maximum absolute atomic E-state index is 11.3. The van der Waals surface area contributed by atoms with Gasteiger partial charge in [-0.05, 0) is 30.2 Å². The molecule has 1 aromatic heterocycles. The molecule has 3 nitrogen and oxygen atoms in total. The molecule has 0 aliphatic rings. The summed E-state index contributed by atoms with van der Waals surface area (Å²) in [5, 5.41) is 3.68. The summed E-state index contributed by atoms with van der Waals surface area (Å²) in [5.41, 5.74) is 9.02. The van der Waals surface area contributed by atoms with Gasteiger partial charge in [-0.15, -0.1) is 11.3 Å². The number of benzene rings is 1. The predicted molar refractivity (Wildman–Crippen MR) is 82.5 cm³/mol. The molecule has 0 spiro atoms. The number of nitrogens with one attached hydrogen (secondary N) is 1. The lowest BCUT2D eigenvalue weighted by Gasteiger charge is -2.05. The van der Waals surface area contributed by atoms with Gasteiger partial charge in [-0.2, -0.15) is 0 Å². The van der Waals surface area contributed by atoms with Gasteiger partial charge in [0.25, 0.3) is 0 Å². The average molecular weight is 274 g/mol. The minimum Gasteiger partial charge on any atom is -0.390 e. The molecule has 3 N–H and O–H groups in total. The van der Waals surface area contributed by atoms with Crippen LogP contribution in [0.15, 0.2) is 30.3 Å². The topological polar surface area (TPSA) is 55.1 Å². The fourth-order valence-electron chi connectivity index (χ4n) is 1.84. The number of carbonyl (C=O) groups excluding carboxylic acids is 1. The van der Waals surface area contributed by atoms with Gasteiger partial charge in [-0.1, -0.05) is 26.0 Å². The number of nitrogen functional groups attached to an aromatic ring is 1. The van der Waals surface area contributed by atoms with E-state index in [0.29, 0.717) is 6.42 Å². The van der Waals surface area contributed by atoms with Crippen molar-refractivity contribution < 1.29 is 4.79 Å². The molecule has 2 rings (SSSR count). The first-order chi connectivity index (χ1) is 9.13. The Bertz CT molecular complexity index is 572. The lowest BCUT2D eigenvalue weighted by molar-refractivity contribution is -0.115. The third-order valence-corrected chi connectivity index (χ3v) is 4.07. The Balaban J connectivity index is 2.22. The fraction of sp³-hybridized carbons (Fsp3) is 0.267. The molecule has 4 heteroatoms. The van der Waals surface area contributed by atoms with Crippen molar-refractivity contribution in [2.75, 3.05) is 11.1 Å². The molecule has 0 saturated carbocycles. The lowest BCUT2D eigenvalue weighted by atomic mass is 10.1. The van der Waals surface area contributed by atoms with Crippen LogP contribution >= 0.6 is 11.3 Å². The molecule has 0 saturated heterocycles. The number of anilines is 2. The van der Waals surface area contributed by atoms with Crippen molar-refractivity contribution >= 4 is 27.9 Å². The maximum atomic E-state index is 11.3. The van der Waals surface area contributed by atoms with Gasteiger partial charge in [0.2, 0.25) is 5.91 Å². The van der Waals surface area contributed by atoms with Crippen LogP contribution in [0.25, 0.3) is 11.1 Å². The molecule has 2 aromatic rings. The van der Waals surface area contributed by atoms with Crippen molar-refractivity contribution in [2.24, 2.45) is 0 Å². The van der Waals surface area contributed by atoms with Crippen LogP contribution in [0, 0.1) is 0 Å². The van der Waals surface area contributed by atoms with Gasteiger partial charge in [0.05, 0.1) is 5.00 Å². The molecule has 0 unspecified atom stereocenters. The van der Waals surface area contributed by atoms with Crippen LogP contribution in [0.4, 0.5) is 10.7 Å². The van der Waals surface area contributed by atoms with E-state index in [0.717, 1.165) is 28.2 Å². The molecule has 19 heavy (non-hydrogen) atoms. The number of carbonyl (C=O) groups is 1. The van der Waals surface area contributed by atoms with Crippen molar-refractivity contribution in [1.82, 2.24) is 0 Å². The highest BCUT2D eigenvalue weighted by Crippen LogP contribution is 2.34. The van der Waals surface area contributed by atoms with Crippen molar-refractivity contribution in [3.63, 3.8) is 0 Å². The van der Waals surface area contributed by atoms with Gasteiger partial charge >= 0.3 is 0 Å². The van der Waals surface area contributed by atoms with Gasteiger partial charge in [0.15, 0.2) is 0 Å². The Morgan fingerprint density at radius 1 is 1.26 bits per heavy atom. The standard InChI is InChI=1S/C15H18N2OS/c1-3-12-9-13(15(16)19-12)10-5-7-11(8-6-10)17-14(18)4-2/h5-9H,3-4,16H2,1-2H3,(H,17,18). The van der Waals surface area contributed by atoms with Crippen LogP contribution in [-0.4, -0.2) is 5.91 Å². The number of nitrogens with two attached hydrogens (primary N) is 1. The van der Waals surface area contributed by atoms with E-state index >= 15 is 0 Å². The number of aryl methyl sites for hydroxylation is 1. The van der Waals surface area contributed by atoms with Gasteiger partial charge < -0.3 is 11.1 Å². The van der Waals surface area contributed by atoms with Gasteiger partial charge in [-0.3, -0.25) is 4.79 Å². The monoisotopic (exact) mass is 274 g/mol. The molecule has 0 aliphatic heterocycles. The summed E-state index contributed by atoms with van der Waals surface area (Å²) < 4.78 is 0. The van der Waals surface area contributed by atoms with E-state index < -0.39 is 0 Å². The van der Waals surface area contributed by atoms with Crippen LogP contribution in [0.1, 0.15) is 25.1 Å². The SMILES string of the molecule is CCC(=O)Nc1ccc(-c2cc(CC)sc2N)cc1. The predicted octanol–water partition coefficient (Wildman–Crippen LogP) is 3.91. The molecule has 0 fully saturated rings. The third kappa shape index (κ3) is 3.15. The van der Waals surface area contributed by atoms with E-state index in [1.165, 1.54) is 4.88 Å². The van der Waals surface area contributed by atoms with Gasteiger partial charge in [0, 0.05) is 22.5 Å². The summed E-state index contributed by atoms with van der Waals surface area (Å²) in [6, 6.07) is 9.93. The Morgan fingerprint density at radius 3 is 2.47 bits per heavy atom. The summed E-state index contributed by atoms with van der Waals surface area (Å²) in [5.74, 6) is 0.0241. The molecule has 0 bridgehead atoms. The van der Waals surface area contributed by atoms with E-state index in [4.69, 9.17) is 5.73 Å². The van der Waals surface area contributed by atoms with Crippen LogP contribution in [0.2, 0.25) is 0 Å². The minimum atomic E-state index is 0.0241. The zero-order valence-electron chi connectivity index (χ0n) is 11.2. The summed E-state index contributed by atoms with van der Waals surface area (Å²) in [4.78, 5) is 12.6. The second-order valence-corrected chi connectivity index (χ2v) is 5.49. The zero-order chi connectivity index (χ0) is 13.8. The van der Waals surface area contributed by atoms with Gasteiger partial charge in [-0.25, -0.2) is 0 Å². The highest BCUT2D eigenvalue weighted by atomic mass is 32.1. The van der Waals surface area contributed by atoms with E-state index in [-0.39, 0.29) is 5.91 Å². The quantitative estimate of drug-likeness (QED) is 0.888. The van der Waals surface area contributed by atoms with Crippen molar-refractivity contribution in [1.29, 1.82) is 0 Å².